The van der Waals surface area contributed by atoms with Crippen molar-refractivity contribution in [3.8, 4) is 5.75 Å². The summed E-state index contributed by atoms with van der Waals surface area (Å²) in [6.45, 7) is 2.93. The second-order valence-corrected chi connectivity index (χ2v) is 7.99. The SMILES string of the molecule is COc1ccc2[nH]c(CNC(Cc3ccsc3)c3nccs3)c(C)c2c1. The van der Waals surface area contributed by atoms with Gasteiger partial charge >= 0.3 is 0 Å². The summed E-state index contributed by atoms with van der Waals surface area (Å²) in [6.07, 6.45) is 2.83. The number of hydrogen-bond acceptors (Lipinski definition) is 5. The average Bonchev–Trinajstić information content (AvgIpc) is 3.41. The Bertz CT molecular complexity index is 974. The predicted octanol–water partition coefficient (Wildman–Crippen LogP) is 5.08. The zero-order valence-corrected chi connectivity index (χ0v) is 16.4. The van der Waals surface area contributed by atoms with Crippen molar-refractivity contribution in [1.29, 1.82) is 0 Å². The van der Waals surface area contributed by atoms with Gasteiger partial charge in [-0.2, -0.15) is 11.3 Å². The minimum atomic E-state index is 0.213. The Morgan fingerprint density at radius 3 is 2.92 bits per heavy atom. The van der Waals surface area contributed by atoms with E-state index in [0.717, 1.165) is 29.2 Å². The molecule has 0 amide bonds. The first-order valence-electron chi connectivity index (χ1n) is 8.53. The van der Waals surface area contributed by atoms with Gasteiger partial charge in [-0.1, -0.05) is 0 Å². The molecule has 2 N–H and O–H groups in total. The first-order valence-corrected chi connectivity index (χ1v) is 10.4. The fraction of sp³-hybridized carbons (Fsp3) is 0.250. The standard InChI is InChI=1S/C20H21N3OS2/c1-13-16-10-15(24-2)3-4-17(16)23-19(13)11-22-18(20-21-6-8-26-20)9-14-5-7-25-12-14/h3-8,10,12,18,22-23H,9,11H2,1-2H3. The van der Waals surface area contributed by atoms with Crippen molar-refractivity contribution in [2.75, 3.05) is 7.11 Å². The number of hydrogen-bond donors (Lipinski definition) is 2. The fourth-order valence-electron chi connectivity index (χ4n) is 3.19. The lowest BCUT2D eigenvalue weighted by atomic mass is 10.1. The second kappa shape index (κ2) is 7.61. The molecule has 0 aliphatic carbocycles. The number of aryl methyl sites for hydroxylation is 1. The monoisotopic (exact) mass is 383 g/mol. The van der Waals surface area contributed by atoms with Crippen LogP contribution in [0.25, 0.3) is 10.9 Å². The predicted molar refractivity (Wildman–Crippen MR) is 109 cm³/mol. The number of H-pyrrole nitrogens is 1. The number of nitrogens with zero attached hydrogens (tertiary/aromatic N) is 1. The van der Waals surface area contributed by atoms with E-state index < -0.39 is 0 Å². The van der Waals surface area contributed by atoms with Gasteiger partial charge in [-0.25, -0.2) is 4.98 Å². The van der Waals surface area contributed by atoms with E-state index in [1.807, 2.05) is 17.6 Å². The Morgan fingerprint density at radius 1 is 1.27 bits per heavy atom. The molecule has 1 atom stereocenters. The lowest BCUT2D eigenvalue weighted by Crippen LogP contribution is -2.23. The highest BCUT2D eigenvalue weighted by Crippen LogP contribution is 2.27. The molecule has 1 unspecified atom stereocenters. The molecule has 3 aromatic heterocycles. The van der Waals surface area contributed by atoms with Crippen molar-refractivity contribution < 1.29 is 4.74 Å². The summed E-state index contributed by atoms with van der Waals surface area (Å²) in [5.74, 6) is 0.886. The Kier molecular flexibility index (Phi) is 5.06. The first-order chi connectivity index (χ1) is 12.7. The number of thiophene rings is 1. The van der Waals surface area contributed by atoms with Crippen LogP contribution >= 0.6 is 22.7 Å². The minimum absolute atomic E-state index is 0.213. The number of aromatic amines is 1. The average molecular weight is 384 g/mol. The molecule has 0 saturated heterocycles. The number of rotatable bonds is 7. The Balaban J connectivity index is 1.55. The van der Waals surface area contributed by atoms with E-state index >= 15 is 0 Å². The summed E-state index contributed by atoms with van der Waals surface area (Å²) in [5, 5.41) is 12.4. The van der Waals surface area contributed by atoms with Crippen LogP contribution in [0.3, 0.4) is 0 Å². The van der Waals surface area contributed by atoms with Crippen LogP contribution < -0.4 is 10.1 Å². The molecule has 3 heterocycles. The van der Waals surface area contributed by atoms with Crippen LogP contribution in [0, 0.1) is 6.92 Å². The fourth-order valence-corrected chi connectivity index (χ4v) is 4.58. The number of methoxy groups -OCH3 is 1. The van der Waals surface area contributed by atoms with Crippen molar-refractivity contribution in [2.24, 2.45) is 0 Å². The minimum Gasteiger partial charge on any atom is -0.497 e. The van der Waals surface area contributed by atoms with Crippen molar-refractivity contribution in [2.45, 2.75) is 25.9 Å². The van der Waals surface area contributed by atoms with Gasteiger partial charge in [0.25, 0.3) is 0 Å². The van der Waals surface area contributed by atoms with E-state index in [4.69, 9.17) is 4.74 Å². The quantitative estimate of drug-likeness (QED) is 0.468. The third-order valence-corrected chi connectivity index (χ3v) is 6.28. The maximum atomic E-state index is 5.36. The second-order valence-electron chi connectivity index (χ2n) is 6.28. The van der Waals surface area contributed by atoms with Gasteiger partial charge < -0.3 is 15.0 Å². The van der Waals surface area contributed by atoms with E-state index in [1.165, 1.54) is 22.2 Å². The third-order valence-electron chi connectivity index (χ3n) is 4.66. The first kappa shape index (κ1) is 17.3. The summed E-state index contributed by atoms with van der Waals surface area (Å²) in [6, 6.07) is 8.56. The molecule has 26 heavy (non-hydrogen) atoms. The lowest BCUT2D eigenvalue weighted by molar-refractivity contribution is 0.415. The number of thiazole rings is 1. The Morgan fingerprint density at radius 2 is 2.19 bits per heavy atom. The highest BCUT2D eigenvalue weighted by atomic mass is 32.1. The van der Waals surface area contributed by atoms with Gasteiger partial charge in [0.2, 0.25) is 0 Å². The van der Waals surface area contributed by atoms with Gasteiger partial charge in [0.1, 0.15) is 10.8 Å². The topological polar surface area (TPSA) is 49.9 Å². The normalized spacial score (nSPS) is 12.5. The van der Waals surface area contributed by atoms with Crippen LogP contribution in [0.2, 0.25) is 0 Å². The van der Waals surface area contributed by atoms with Crippen LogP contribution in [0.15, 0.2) is 46.6 Å². The molecule has 0 saturated carbocycles. The van der Waals surface area contributed by atoms with Gasteiger partial charge in [-0.05, 0) is 59.5 Å². The summed E-state index contributed by atoms with van der Waals surface area (Å²) in [4.78, 5) is 8.07. The summed E-state index contributed by atoms with van der Waals surface area (Å²) < 4.78 is 5.36. The molecule has 0 aliphatic heterocycles. The van der Waals surface area contributed by atoms with Crippen LogP contribution in [-0.4, -0.2) is 17.1 Å². The number of aromatic nitrogens is 2. The van der Waals surface area contributed by atoms with E-state index in [1.54, 1.807) is 29.8 Å². The summed E-state index contributed by atoms with van der Waals surface area (Å²) >= 11 is 3.44. The van der Waals surface area contributed by atoms with E-state index in [-0.39, 0.29) is 6.04 Å². The highest BCUT2D eigenvalue weighted by Gasteiger charge is 2.16. The number of ether oxygens (including phenoxy) is 1. The highest BCUT2D eigenvalue weighted by molar-refractivity contribution is 7.09. The van der Waals surface area contributed by atoms with E-state index in [2.05, 4.69) is 51.2 Å². The maximum Gasteiger partial charge on any atom is 0.119 e. The summed E-state index contributed by atoms with van der Waals surface area (Å²) in [5.41, 5.74) is 4.96. The summed E-state index contributed by atoms with van der Waals surface area (Å²) in [7, 11) is 1.70. The van der Waals surface area contributed by atoms with Gasteiger partial charge in [0.15, 0.2) is 0 Å². The van der Waals surface area contributed by atoms with Crippen LogP contribution in [0.1, 0.15) is 27.9 Å². The molecule has 0 bridgehead atoms. The van der Waals surface area contributed by atoms with Gasteiger partial charge in [-0.3, -0.25) is 0 Å². The van der Waals surface area contributed by atoms with Crippen molar-refractivity contribution in [3.63, 3.8) is 0 Å². The van der Waals surface area contributed by atoms with Gasteiger partial charge in [-0.15, -0.1) is 11.3 Å². The van der Waals surface area contributed by atoms with Crippen molar-refractivity contribution in [1.82, 2.24) is 15.3 Å². The molecule has 0 spiro atoms. The maximum absolute atomic E-state index is 5.36. The molecule has 0 aliphatic rings. The molecule has 6 heteroatoms. The molecule has 4 rings (SSSR count). The molecule has 1 aromatic carbocycles. The smallest absolute Gasteiger partial charge is 0.119 e. The van der Waals surface area contributed by atoms with Gasteiger partial charge in [0, 0.05) is 34.7 Å². The largest absolute Gasteiger partial charge is 0.497 e. The molecular weight excluding hydrogens is 362 g/mol. The van der Waals surface area contributed by atoms with Gasteiger partial charge in [0.05, 0.1) is 13.2 Å². The van der Waals surface area contributed by atoms with Crippen LogP contribution in [-0.2, 0) is 13.0 Å². The van der Waals surface area contributed by atoms with Crippen molar-refractivity contribution >= 4 is 33.6 Å². The molecule has 4 aromatic rings. The van der Waals surface area contributed by atoms with E-state index in [0.29, 0.717) is 0 Å². The third kappa shape index (κ3) is 3.53. The number of fused-ring (bicyclic) bond motifs is 1. The molecule has 4 nitrogen and oxygen atoms in total. The number of benzene rings is 1. The molecule has 134 valence electrons. The zero-order chi connectivity index (χ0) is 17.9. The van der Waals surface area contributed by atoms with Crippen molar-refractivity contribution in [3.05, 3.63) is 68.4 Å². The molecule has 0 radical (unpaired) electrons. The number of nitrogens with one attached hydrogen (secondary N) is 2. The van der Waals surface area contributed by atoms with Crippen LogP contribution in [0.5, 0.6) is 5.75 Å². The van der Waals surface area contributed by atoms with Crippen LogP contribution in [0.4, 0.5) is 0 Å². The molecular formula is C20H21N3OS2. The molecule has 0 fully saturated rings. The zero-order valence-electron chi connectivity index (χ0n) is 14.8. The Hall–Kier alpha value is -2.15. The van der Waals surface area contributed by atoms with E-state index in [9.17, 15) is 0 Å². The Labute approximate surface area is 160 Å². The lowest BCUT2D eigenvalue weighted by Gasteiger charge is -2.16.